The van der Waals surface area contributed by atoms with Crippen LogP contribution in [0.15, 0.2) is 30.5 Å². The van der Waals surface area contributed by atoms with Crippen LogP contribution in [0.1, 0.15) is 13.3 Å². The summed E-state index contributed by atoms with van der Waals surface area (Å²) in [7, 11) is 0. The van der Waals surface area contributed by atoms with Crippen LogP contribution in [-0.2, 0) is 0 Å². The van der Waals surface area contributed by atoms with Crippen LogP contribution in [0, 0.1) is 12.5 Å². The molecule has 102 valence electrons. The van der Waals surface area contributed by atoms with Crippen LogP contribution in [0.2, 0.25) is 0 Å². The van der Waals surface area contributed by atoms with E-state index in [9.17, 15) is 0 Å². The van der Waals surface area contributed by atoms with Gasteiger partial charge in [-0.2, -0.15) is 0 Å². The van der Waals surface area contributed by atoms with Crippen LogP contribution in [0.3, 0.4) is 0 Å². The fourth-order valence-corrected chi connectivity index (χ4v) is 3.11. The first-order chi connectivity index (χ1) is 9.69. The first-order valence-corrected chi connectivity index (χ1v) is 6.94. The standard InChI is InChI=1S/C16H18N4/c1-11-8-12(17)10-20(9-11)15-6-5-14(18-2)16-13(15)4-3-7-19-16/h3-7,11-12H,8-10,17H2,1H3/t11-,12+/m0/s1. The van der Waals surface area contributed by atoms with Crippen molar-refractivity contribution in [3.8, 4) is 0 Å². The number of nitrogens with zero attached hydrogens (tertiary/aromatic N) is 3. The second kappa shape index (κ2) is 5.10. The van der Waals surface area contributed by atoms with Gasteiger partial charge in [0.25, 0.3) is 0 Å². The van der Waals surface area contributed by atoms with Crippen LogP contribution in [0.4, 0.5) is 11.4 Å². The van der Waals surface area contributed by atoms with E-state index in [0.717, 1.165) is 36.1 Å². The summed E-state index contributed by atoms with van der Waals surface area (Å²) in [5.74, 6) is 0.589. The number of benzene rings is 1. The summed E-state index contributed by atoms with van der Waals surface area (Å²) >= 11 is 0. The number of rotatable bonds is 1. The molecule has 1 saturated heterocycles. The van der Waals surface area contributed by atoms with Gasteiger partial charge in [-0.05, 0) is 24.5 Å². The molecule has 2 aromatic rings. The Balaban J connectivity index is 2.11. The van der Waals surface area contributed by atoms with Crippen LogP contribution in [0.5, 0.6) is 0 Å². The fourth-order valence-electron chi connectivity index (χ4n) is 3.11. The number of fused-ring (bicyclic) bond motifs is 1. The highest BCUT2D eigenvalue weighted by atomic mass is 15.2. The third kappa shape index (κ3) is 2.21. The average molecular weight is 266 g/mol. The third-order valence-corrected chi connectivity index (χ3v) is 3.88. The number of anilines is 1. The van der Waals surface area contributed by atoms with Gasteiger partial charge < -0.3 is 10.6 Å². The summed E-state index contributed by atoms with van der Waals surface area (Å²) in [5.41, 5.74) is 8.68. The Morgan fingerprint density at radius 3 is 2.95 bits per heavy atom. The Labute approximate surface area is 119 Å². The molecule has 0 saturated carbocycles. The van der Waals surface area contributed by atoms with Gasteiger partial charge in [0.1, 0.15) is 0 Å². The Morgan fingerprint density at radius 2 is 2.20 bits per heavy atom. The minimum absolute atomic E-state index is 0.214. The summed E-state index contributed by atoms with van der Waals surface area (Å²) in [5, 5.41) is 1.04. The van der Waals surface area contributed by atoms with Crippen molar-refractivity contribution in [2.24, 2.45) is 11.7 Å². The number of nitrogens with two attached hydrogens (primary N) is 1. The lowest BCUT2D eigenvalue weighted by Crippen LogP contribution is -2.46. The number of aromatic nitrogens is 1. The van der Waals surface area contributed by atoms with Gasteiger partial charge in [0.05, 0.1) is 12.1 Å². The molecular weight excluding hydrogens is 248 g/mol. The van der Waals surface area contributed by atoms with Gasteiger partial charge in [0.2, 0.25) is 5.69 Å². The van der Waals surface area contributed by atoms with Crippen LogP contribution in [-0.4, -0.2) is 24.1 Å². The van der Waals surface area contributed by atoms with E-state index in [1.807, 2.05) is 24.3 Å². The molecule has 2 N–H and O–H groups in total. The lowest BCUT2D eigenvalue weighted by atomic mass is 9.95. The summed E-state index contributed by atoms with van der Waals surface area (Å²) in [6, 6.07) is 8.07. The van der Waals surface area contributed by atoms with E-state index in [0.29, 0.717) is 11.6 Å². The molecular formula is C16H18N4. The molecule has 2 atom stereocenters. The lowest BCUT2D eigenvalue weighted by Gasteiger charge is -2.37. The normalized spacial score (nSPS) is 22.8. The van der Waals surface area contributed by atoms with Gasteiger partial charge in [-0.3, -0.25) is 4.98 Å². The number of hydrogen-bond acceptors (Lipinski definition) is 3. The molecule has 3 rings (SSSR count). The van der Waals surface area contributed by atoms with E-state index < -0.39 is 0 Å². The van der Waals surface area contributed by atoms with Crippen LogP contribution < -0.4 is 10.6 Å². The topological polar surface area (TPSA) is 46.5 Å². The van der Waals surface area contributed by atoms with Gasteiger partial charge in [0, 0.05) is 36.4 Å². The molecule has 0 bridgehead atoms. The van der Waals surface area contributed by atoms with E-state index in [1.54, 1.807) is 6.20 Å². The molecule has 1 aromatic heterocycles. The number of hydrogen-bond donors (Lipinski definition) is 1. The van der Waals surface area contributed by atoms with Gasteiger partial charge >= 0.3 is 0 Å². The summed E-state index contributed by atoms with van der Waals surface area (Å²) in [6.45, 7) is 11.4. The van der Waals surface area contributed by atoms with Crippen molar-refractivity contribution in [3.05, 3.63) is 41.9 Å². The molecule has 0 unspecified atom stereocenters. The van der Waals surface area contributed by atoms with E-state index >= 15 is 0 Å². The number of pyridine rings is 1. The minimum atomic E-state index is 0.214. The van der Waals surface area contributed by atoms with E-state index in [2.05, 4.69) is 21.7 Å². The highest BCUT2D eigenvalue weighted by Gasteiger charge is 2.23. The maximum atomic E-state index is 7.26. The summed E-state index contributed by atoms with van der Waals surface area (Å²) in [6.07, 6.45) is 2.82. The predicted molar refractivity (Wildman–Crippen MR) is 82.0 cm³/mol. The fraction of sp³-hybridized carbons (Fsp3) is 0.375. The molecule has 0 amide bonds. The maximum absolute atomic E-state index is 7.26. The molecule has 1 aromatic carbocycles. The zero-order valence-electron chi connectivity index (χ0n) is 11.6. The second-order valence-electron chi connectivity index (χ2n) is 5.62. The van der Waals surface area contributed by atoms with Crippen molar-refractivity contribution in [2.45, 2.75) is 19.4 Å². The molecule has 1 aliphatic rings. The molecule has 0 aliphatic carbocycles. The molecule has 4 nitrogen and oxygen atoms in total. The van der Waals surface area contributed by atoms with Gasteiger partial charge in [-0.15, -0.1) is 0 Å². The van der Waals surface area contributed by atoms with Crippen molar-refractivity contribution < 1.29 is 0 Å². The maximum Gasteiger partial charge on any atom is 0.213 e. The first kappa shape index (κ1) is 12.9. The SMILES string of the molecule is [C-]#[N+]c1ccc(N2C[C@@H](C)C[C@@H](N)C2)c2cccnc12. The van der Waals surface area contributed by atoms with E-state index in [1.165, 1.54) is 0 Å². The van der Waals surface area contributed by atoms with Gasteiger partial charge in [-0.1, -0.05) is 19.1 Å². The molecule has 2 heterocycles. The Hall–Kier alpha value is -2.12. The van der Waals surface area contributed by atoms with Crippen molar-refractivity contribution in [3.63, 3.8) is 0 Å². The van der Waals surface area contributed by atoms with Crippen molar-refractivity contribution in [1.82, 2.24) is 4.98 Å². The second-order valence-corrected chi connectivity index (χ2v) is 5.62. The molecule has 4 heteroatoms. The Kier molecular flexibility index (Phi) is 3.29. The van der Waals surface area contributed by atoms with Crippen molar-refractivity contribution >= 4 is 22.3 Å². The molecule has 0 radical (unpaired) electrons. The highest BCUT2D eigenvalue weighted by molar-refractivity contribution is 5.99. The number of piperidine rings is 1. The highest BCUT2D eigenvalue weighted by Crippen LogP contribution is 2.34. The van der Waals surface area contributed by atoms with Gasteiger partial charge in [0.15, 0.2) is 0 Å². The third-order valence-electron chi connectivity index (χ3n) is 3.88. The van der Waals surface area contributed by atoms with Crippen molar-refractivity contribution in [2.75, 3.05) is 18.0 Å². The monoisotopic (exact) mass is 266 g/mol. The van der Waals surface area contributed by atoms with Gasteiger partial charge in [-0.25, -0.2) is 4.85 Å². The molecule has 1 aliphatic heterocycles. The van der Waals surface area contributed by atoms with E-state index in [4.69, 9.17) is 12.3 Å². The van der Waals surface area contributed by atoms with Crippen LogP contribution in [0.25, 0.3) is 15.7 Å². The van der Waals surface area contributed by atoms with Crippen LogP contribution >= 0.6 is 0 Å². The summed E-state index contributed by atoms with van der Waals surface area (Å²) < 4.78 is 0. The molecule has 20 heavy (non-hydrogen) atoms. The minimum Gasteiger partial charge on any atom is -0.369 e. The zero-order chi connectivity index (χ0) is 14.1. The quantitative estimate of drug-likeness (QED) is 0.807. The lowest BCUT2D eigenvalue weighted by molar-refractivity contribution is 0.402. The Morgan fingerprint density at radius 1 is 1.35 bits per heavy atom. The largest absolute Gasteiger partial charge is 0.369 e. The smallest absolute Gasteiger partial charge is 0.213 e. The van der Waals surface area contributed by atoms with Crippen molar-refractivity contribution in [1.29, 1.82) is 0 Å². The molecule has 1 fully saturated rings. The first-order valence-electron chi connectivity index (χ1n) is 6.94. The molecule has 0 spiro atoms. The summed E-state index contributed by atoms with van der Waals surface area (Å²) in [4.78, 5) is 10.3. The predicted octanol–water partition coefficient (Wildman–Crippen LogP) is 2.96. The average Bonchev–Trinajstić information content (AvgIpc) is 2.45. The Bertz CT molecular complexity index is 664. The zero-order valence-corrected chi connectivity index (χ0v) is 11.6. The van der Waals surface area contributed by atoms with E-state index in [-0.39, 0.29) is 6.04 Å².